The van der Waals surface area contributed by atoms with Crippen molar-refractivity contribution < 1.29 is 14.6 Å². The Kier molecular flexibility index (Phi) is 5.55. The van der Waals surface area contributed by atoms with Crippen LogP contribution in [-0.2, 0) is 6.61 Å². The number of carboxylic acids is 1. The number of halogens is 1. The van der Waals surface area contributed by atoms with Crippen molar-refractivity contribution in [2.24, 2.45) is 0 Å². The van der Waals surface area contributed by atoms with Gasteiger partial charge in [0.15, 0.2) is 0 Å². The van der Waals surface area contributed by atoms with Gasteiger partial charge in [-0.25, -0.2) is 9.78 Å². The molecule has 30 heavy (non-hydrogen) atoms. The highest BCUT2D eigenvalue weighted by molar-refractivity contribution is 6.30. The molecule has 0 aliphatic heterocycles. The van der Waals surface area contributed by atoms with Gasteiger partial charge in [-0.2, -0.15) is 0 Å². The molecule has 2 heterocycles. The molecule has 0 bridgehead atoms. The van der Waals surface area contributed by atoms with Crippen LogP contribution < -0.4 is 4.74 Å². The summed E-state index contributed by atoms with van der Waals surface area (Å²) < 4.78 is 8.09. The van der Waals surface area contributed by atoms with E-state index >= 15 is 0 Å². The van der Waals surface area contributed by atoms with Crippen LogP contribution in [0.15, 0.2) is 78.9 Å². The molecular weight excluding hydrogens is 400 g/mol. The molecule has 2 aromatic heterocycles. The maximum Gasteiger partial charge on any atom is 0.354 e. The number of nitrogens with zero attached hydrogens (tertiary/aromatic N) is 2. The van der Waals surface area contributed by atoms with Gasteiger partial charge >= 0.3 is 5.97 Å². The molecule has 0 unspecified atom stereocenters. The lowest BCUT2D eigenvalue weighted by atomic mass is 10.2. The van der Waals surface area contributed by atoms with Crippen molar-refractivity contribution in [3.63, 3.8) is 0 Å². The number of ether oxygens (including phenoxy) is 1. The van der Waals surface area contributed by atoms with E-state index in [1.165, 1.54) is 6.07 Å². The first-order chi connectivity index (χ1) is 14.5. The molecule has 0 amide bonds. The monoisotopic (exact) mass is 418 g/mol. The van der Waals surface area contributed by atoms with Gasteiger partial charge in [0, 0.05) is 10.7 Å². The maximum atomic E-state index is 11.4. The van der Waals surface area contributed by atoms with E-state index in [4.69, 9.17) is 16.3 Å². The van der Waals surface area contributed by atoms with Crippen LogP contribution in [0.3, 0.4) is 0 Å². The van der Waals surface area contributed by atoms with Gasteiger partial charge in [-0.3, -0.25) is 0 Å². The van der Waals surface area contributed by atoms with Gasteiger partial charge in [0.2, 0.25) is 0 Å². The average molecular weight is 419 g/mol. The summed E-state index contributed by atoms with van der Waals surface area (Å²) in [5.74, 6) is -0.403. The fourth-order valence-electron chi connectivity index (χ4n) is 3.28. The Bertz CT molecular complexity index is 1200. The highest BCUT2D eigenvalue weighted by atomic mass is 35.5. The van der Waals surface area contributed by atoms with E-state index < -0.39 is 5.97 Å². The average Bonchev–Trinajstić information content (AvgIpc) is 3.15. The molecule has 1 N–H and O–H groups in total. The summed E-state index contributed by atoms with van der Waals surface area (Å²) in [6, 6.07) is 24.2. The zero-order chi connectivity index (χ0) is 21.1. The second-order valence-corrected chi connectivity index (χ2v) is 7.23. The first-order valence-corrected chi connectivity index (χ1v) is 9.76. The quantitative estimate of drug-likeness (QED) is 0.431. The highest BCUT2D eigenvalue weighted by Gasteiger charge is 2.16. The molecule has 0 saturated heterocycles. The molecule has 4 aromatic rings. The number of rotatable bonds is 6. The Morgan fingerprint density at radius 2 is 1.83 bits per heavy atom. The van der Waals surface area contributed by atoms with Crippen LogP contribution in [0, 0.1) is 6.92 Å². The molecule has 150 valence electrons. The third-order valence-electron chi connectivity index (χ3n) is 4.71. The van der Waals surface area contributed by atoms with Crippen LogP contribution in [-0.4, -0.2) is 20.6 Å². The first kappa shape index (κ1) is 19.7. The number of aromatic carboxylic acids is 1. The number of hydrogen-bond acceptors (Lipinski definition) is 3. The highest BCUT2D eigenvalue weighted by Crippen LogP contribution is 2.33. The van der Waals surface area contributed by atoms with Crippen molar-refractivity contribution in [3.8, 4) is 22.8 Å². The number of aryl methyl sites for hydroxylation is 1. The normalized spacial score (nSPS) is 10.7. The predicted molar refractivity (Wildman–Crippen MR) is 116 cm³/mol. The second-order valence-electron chi connectivity index (χ2n) is 6.79. The summed E-state index contributed by atoms with van der Waals surface area (Å²) in [5, 5.41) is 9.87. The topological polar surface area (TPSA) is 64.3 Å². The van der Waals surface area contributed by atoms with E-state index in [1.807, 2.05) is 66.1 Å². The number of hydrogen-bond donors (Lipinski definition) is 1. The lowest BCUT2D eigenvalue weighted by Gasteiger charge is -2.17. The first-order valence-electron chi connectivity index (χ1n) is 9.38. The Hall–Kier alpha value is -3.57. The van der Waals surface area contributed by atoms with Crippen LogP contribution in [0.2, 0.25) is 5.02 Å². The van der Waals surface area contributed by atoms with E-state index in [9.17, 15) is 9.90 Å². The molecule has 0 spiro atoms. The molecule has 0 fully saturated rings. The third-order valence-corrected chi connectivity index (χ3v) is 4.94. The Balaban J connectivity index is 1.78. The van der Waals surface area contributed by atoms with E-state index in [2.05, 4.69) is 4.98 Å². The van der Waals surface area contributed by atoms with Crippen LogP contribution in [0.4, 0.5) is 0 Å². The molecule has 0 atom stereocenters. The van der Waals surface area contributed by atoms with Crippen molar-refractivity contribution >= 4 is 17.6 Å². The summed E-state index contributed by atoms with van der Waals surface area (Å²) in [6.07, 6.45) is 0. The van der Waals surface area contributed by atoms with Crippen LogP contribution in [0.25, 0.3) is 17.1 Å². The maximum absolute atomic E-state index is 11.4. The number of carboxylic acid groups (broad SMARTS) is 1. The zero-order valence-corrected chi connectivity index (χ0v) is 17.0. The molecule has 0 saturated carbocycles. The van der Waals surface area contributed by atoms with Gasteiger partial charge in [-0.15, -0.1) is 0 Å². The molecular formula is C24H19ClN2O3. The summed E-state index contributed by atoms with van der Waals surface area (Å²) in [5.41, 5.74) is 4.06. The van der Waals surface area contributed by atoms with E-state index in [-0.39, 0.29) is 5.69 Å². The minimum absolute atomic E-state index is 0.00968. The number of carbonyl (C=O) groups is 1. The standard InChI is InChI=1S/C24H19ClN2O3/c1-16-10-12-21(19-8-5-9-20(26-19)24(28)29)27(16)22-14-18(25)11-13-23(22)30-15-17-6-3-2-4-7-17/h2-14H,15H2,1H3,(H,28,29). The van der Waals surface area contributed by atoms with Gasteiger partial charge in [-0.05, 0) is 55.0 Å². The molecule has 0 radical (unpaired) electrons. The summed E-state index contributed by atoms with van der Waals surface area (Å²) in [4.78, 5) is 15.7. The fourth-order valence-corrected chi connectivity index (χ4v) is 3.44. The van der Waals surface area contributed by atoms with Gasteiger partial charge in [0.25, 0.3) is 0 Å². The van der Waals surface area contributed by atoms with Crippen molar-refractivity contribution in [3.05, 3.63) is 101 Å². The van der Waals surface area contributed by atoms with Gasteiger partial charge in [-0.1, -0.05) is 48.0 Å². The number of aromatic nitrogens is 2. The molecule has 6 heteroatoms. The van der Waals surface area contributed by atoms with Gasteiger partial charge in [0.05, 0.1) is 17.1 Å². The molecule has 0 aliphatic carbocycles. The summed E-state index contributed by atoms with van der Waals surface area (Å²) in [7, 11) is 0. The third kappa shape index (κ3) is 4.07. The SMILES string of the molecule is Cc1ccc(-c2cccc(C(=O)O)n2)n1-c1cc(Cl)ccc1OCc1ccccc1. The van der Waals surface area contributed by atoms with Gasteiger partial charge in [0.1, 0.15) is 18.1 Å². The molecule has 5 nitrogen and oxygen atoms in total. The predicted octanol–water partition coefficient (Wildman–Crippen LogP) is 5.78. The number of pyridine rings is 1. The molecule has 4 rings (SSSR count). The van der Waals surface area contributed by atoms with Crippen molar-refractivity contribution in [1.82, 2.24) is 9.55 Å². The molecule has 0 aliphatic rings. The minimum Gasteiger partial charge on any atom is -0.487 e. The van der Waals surface area contributed by atoms with E-state index in [0.29, 0.717) is 23.1 Å². The fraction of sp³-hybridized carbons (Fsp3) is 0.0833. The van der Waals surface area contributed by atoms with Crippen molar-refractivity contribution in [2.75, 3.05) is 0 Å². The Labute approximate surface area is 179 Å². The van der Waals surface area contributed by atoms with Crippen molar-refractivity contribution in [1.29, 1.82) is 0 Å². The van der Waals surface area contributed by atoms with Crippen molar-refractivity contribution in [2.45, 2.75) is 13.5 Å². The van der Waals surface area contributed by atoms with Gasteiger partial charge < -0.3 is 14.4 Å². The summed E-state index contributed by atoms with van der Waals surface area (Å²) in [6.45, 7) is 2.38. The smallest absolute Gasteiger partial charge is 0.354 e. The van der Waals surface area contributed by atoms with Crippen LogP contribution in [0.5, 0.6) is 5.75 Å². The second kappa shape index (κ2) is 8.43. The largest absolute Gasteiger partial charge is 0.487 e. The molecule has 2 aromatic carbocycles. The van der Waals surface area contributed by atoms with E-state index in [0.717, 1.165) is 22.6 Å². The van der Waals surface area contributed by atoms with E-state index in [1.54, 1.807) is 18.2 Å². The Morgan fingerprint density at radius 3 is 2.60 bits per heavy atom. The Morgan fingerprint density at radius 1 is 1.03 bits per heavy atom. The summed E-state index contributed by atoms with van der Waals surface area (Å²) >= 11 is 6.31. The van der Waals surface area contributed by atoms with Crippen LogP contribution >= 0.6 is 11.6 Å². The van der Waals surface area contributed by atoms with Crippen LogP contribution in [0.1, 0.15) is 21.7 Å². The lowest BCUT2D eigenvalue weighted by Crippen LogP contribution is -2.06. The lowest BCUT2D eigenvalue weighted by molar-refractivity contribution is 0.0690. The minimum atomic E-state index is -1.07. The number of benzene rings is 2. The zero-order valence-electron chi connectivity index (χ0n) is 16.2.